The standard InChI is InChI=1S/C30H27NP2/c1-5-13-27(14-6-1)32(28-15-7-2-8-16-28)23-25-21-22-26(31-25)24-33(29-17-9-3-10-18-29)30-19-11-4-12-20-30/h1-22,31H,23-24H2. The Morgan fingerprint density at radius 3 is 0.909 bits per heavy atom. The largest absolute Gasteiger partial charge is 0.362 e. The van der Waals surface area contributed by atoms with Crippen LogP contribution in [0.2, 0.25) is 0 Å². The van der Waals surface area contributed by atoms with E-state index < -0.39 is 15.8 Å². The van der Waals surface area contributed by atoms with Crippen LogP contribution in [0.1, 0.15) is 11.4 Å². The lowest BCUT2D eigenvalue weighted by Gasteiger charge is -2.19. The summed E-state index contributed by atoms with van der Waals surface area (Å²) in [4.78, 5) is 3.79. The molecule has 5 aromatic rings. The van der Waals surface area contributed by atoms with Crippen molar-refractivity contribution in [3.63, 3.8) is 0 Å². The van der Waals surface area contributed by atoms with Gasteiger partial charge in [0.15, 0.2) is 0 Å². The number of rotatable bonds is 8. The first-order valence-corrected chi connectivity index (χ1v) is 14.3. The molecule has 4 aromatic carbocycles. The maximum atomic E-state index is 3.79. The molecule has 0 saturated carbocycles. The molecule has 0 aliphatic heterocycles. The molecule has 1 aromatic heterocycles. The quantitative estimate of drug-likeness (QED) is 0.261. The summed E-state index contributed by atoms with van der Waals surface area (Å²) in [6.07, 6.45) is 2.05. The molecule has 0 unspecified atom stereocenters. The summed E-state index contributed by atoms with van der Waals surface area (Å²) >= 11 is 0. The molecule has 0 radical (unpaired) electrons. The lowest BCUT2D eigenvalue weighted by atomic mass is 10.4. The van der Waals surface area contributed by atoms with Crippen LogP contribution >= 0.6 is 15.8 Å². The van der Waals surface area contributed by atoms with Gasteiger partial charge in [0.1, 0.15) is 0 Å². The van der Waals surface area contributed by atoms with Crippen LogP contribution in [0.3, 0.4) is 0 Å². The van der Waals surface area contributed by atoms with Crippen molar-refractivity contribution in [2.45, 2.75) is 12.3 Å². The summed E-state index contributed by atoms with van der Waals surface area (Å²) in [6.45, 7) is 0. The van der Waals surface area contributed by atoms with E-state index in [9.17, 15) is 0 Å². The highest BCUT2D eigenvalue weighted by Crippen LogP contribution is 2.40. The molecule has 33 heavy (non-hydrogen) atoms. The monoisotopic (exact) mass is 463 g/mol. The molecular formula is C30H27NP2. The Hall–Kier alpha value is -2.98. The van der Waals surface area contributed by atoms with E-state index in [0.717, 1.165) is 12.3 Å². The molecular weight excluding hydrogens is 436 g/mol. The Morgan fingerprint density at radius 1 is 0.364 bits per heavy atom. The molecule has 0 amide bonds. The fraction of sp³-hybridized carbons (Fsp3) is 0.0667. The summed E-state index contributed by atoms with van der Waals surface area (Å²) in [5.41, 5.74) is 2.64. The van der Waals surface area contributed by atoms with Gasteiger partial charge in [0.25, 0.3) is 0 Å². The van der Waals surface area contributed by atoms with Crippen LogP contribution in [-0.4, -0.2) is 4.98 Å². The van der Waals surface area contributed by atoms with Crippen molar-refractivity contribution >= 4 is 37.1 Å². The second-order valence-corrected chi connectivity index (χ2v) is 12.4. The molecule has 0 aliphatic carbocycles. The third kappa shape index (κ3) is 5.51. The van der Waals surface area contributed by atoms with Gasteiger partial charge in [-0.15, -0.1) is 0 Å². The summed E-state index contributed by atoms with van der Waals surface area (Å²) in [5, 5.41) is 5.69. The first kappa shape index (κ1) is 21.8. The van der Waals surface area contributed by atoms with Crippen molar-refractivity contribution < 1.29 is 0 Å². The third-order valence-corrected chi connectivity index (χ3v) is 10.7. The number of H-pyrrole nitrogens is 1. The van der Waals surface area contributed by atoms with Crippen molar-refractivity contribution in [2.75, 3.05) is 0 Å². The summed E-state index contributed by atoms with van der Waals surface area (Å²) in [5.74, 6) is 0. The first-order valence-electron chi connectivity index (χ1n) is 11.3. The van der Waals surface area contributed by atoms with E-state index in [4.69, 9.17) is 0 Å². The Balaban J connectivity index is 1.41. The minimum absolute atomic E-state index is 0.448. The maximum Gasteiger partial charge on any atom is 0.0199 e. The number of nitrogens with one attached hydrogen (secondary N) is 1. The van der Waals surface area contributed by atoms with Crippen molar-refractivity contribution in [2.24, 2.45) is 0 Å². The fourth-order valence-electron chi connectivity index (χ4n) is 4.11. The van der Waals surface area contributed by atoms with Crippen LogP contribution in [0.4, 0.5) is 0 Å². The molecule has 5 rings (SSSR count). The molecule has 1 N–H and O–H groups in total. The summed E-state index contributed by atoms with van der Waals surface area (Å²) < 4.78 is 0. The van der Waals surface area contributed by atoms with Gasteiger partial charge < -0.3 is 4.98 Å². The Labute approximate surface area is 199 Å². The molecule has 3 heteroatoms. The Morgan fingerprint density at radius 2 is 0.636 bits per heavy atom. The molecule has 0 aliphatic rings. The topological polar surface area (TPSA) is 15.8 Å². The van der Waals surface area contributed by atoms with Crippen molar-refractivity contribution in [3.05, 3.63) is 145 Å². The first-order chi connectivity index (χ1) is 16.4. The number of benzene rings is 4. The SMILES string of the molecule is c1ccc(P(Cc2ccc(CP(c3ccccc3)c3ccccc3)[nH]2)c2ccccc2)cc1. The van der Waals surface area contributed by atoms with Crippen LogP contribution in [0.25, 0.3) is 0 Å². The van der Waals surface area contributed by atoms with Crippen LogP contribution < -0.4 is 21.2 Å². The van der Waals surface area contributed by atoms with E-state index in [2.05, 4.69) is 138 Å². The predicted octanol–water partition coefficient (Wildman–Crippen LogP) is 6.28. The van der Waals surface area contributed by atoms with E-state index in [1.54, 1.807) is 0 Å². The van der Waals surface area contributed by atoms with E-state index >= 15 is 0 Å². The zero-order valence-corrected chi connectivity index (χ0v) is 20.3. The lowest BCUT2D eigenvalue weighted by molar-refractivity contribution is 1.15. The van der Waals surface area contributed by atoms with Gasteiger partial charge in [0.2, 0.25) is 0 Å². The minimum atomic E-state index is -0.448. The molecule has 1 nitrogen and oxygen atoms in total. The second-order valence-electron chi connectivity index (χ2n) is 8.02. The van der Waals surface area contributed by atoms with Crippen molar-refractivity contribution in [3.8, 4) is 0 Å². The summed E-state index contributed by atoms with van der Waals surface area (Å²) in [7, 11) is -0.896. The van der Waals surface area contributed by atoms with Crippen LogP contribution in [0.15, 0.2) is 133 Å². The van der Waals surface area contributed by atoms with Gasteiger partial charge in [-0.1, -0.05) is 121 Å². The summed E-state index contributed by atoms with van der Waals surface area (Å²) in [6, 6.07) is 48.4. The zero-order valence-electron chi connectivity index (χ0n) is 18.5. The van der Waals surface area contributed by atoms with Gasteiger partial charge in [0.05, 0.1) is 0 Å². The molecule has 0 atom stereocenters. The van der Waals surface area contributed by atoms with Gasteiger partial charge in [-0.25, -0.2) is 0 Å². The average Bonchev–Trinajstić information content (AvgIpc) is 3.35. The van der Waals surface area contributed by atoms with Crippen LogP contribution in [0.5, 0.6) is 0 Å². The van der Waals surface area contributed by atoms with Crippen LogP contribution in [0, 0.1) is 0 Å². The third-order valence-electron chi connectivity index (χ3n) is 5.74. The van der Waals surface area contributed by atoms with Crippen molar-refractivity contribution in [1.29, 1.82) is 0 Å². The minimum Gasteiger partial charge on any atom is -0.362 e. The van der Waals surface area contributed by atoms with E-state index in [-0.39, 0.29) is 0 Å². The molecule has 162 valence electrons. The molecule has 1 heterocycles. The molecule has 0 saturated heterocycles. The van der Waals surface area contributed by atoms with E-state index in [0.29, 0.717) is 0 Å². The Bertz CT molecular complexity index is 1070. The second kappa shape index (κ2) is 10.8. The lowest BCUT2D eigenvalue weighted by Crippen LogP contribution is -2.13. The number of hydrogen-bond acceptors (Lipinski definition) is 0. The predicted molar refractivity (Wildman–Crippen MR) is 146 cm³/mol. The Kier molecular flexibility index (Phi) is 7.12. The fourth-order valence-corrected chi connectivity index (χ4v) is 8.62. The van der Waals surface area contributed by atoms with Gasteiger partial charge >= 0.3 is 0 Å². The zero-order chi connectivity index (χ0) is 22.3. The number of aromatic amines is 1. The molecule has 0 bridgehead atoms. The van der Waals surface area contributed by atoms with E-state index in [1.807, 2.05) is 0 Å². The highest BCUT2D eigenvalue weighted by molar-refractivity contribution is 7.72. The number of hydrogen-bond donors (Lipinski definition) is 1. The highest BCUT2D eigenvalue weighted by atomic mass is 31.1. The van der Waals surface area contributed by atoms with Gasteiger partial charge in [-0.2, -0.15) is 0 Å². The van der Waals surface area contributed by atoms with Gasteiger partial charge in [-0.05, 0) is 49.2 Å². The normalized spacial score (nSPS) is 11.2. The highest BCUT2D eigenvalue weighted by Gasteiger charge is 2.18. The molecule has 0 fully saturated rings. The van der Waals surface area contributed by atoms with Gasteiger partial charge in [-0.3, -0.25) is 0 Å². The van der Waals surface area contributed by atoms with Gasteiger partial charge in [0, 0.05) is 23.7 Å². The van der Waals surface area contributed by atoms with Crippen LogP contribution in [-0.2, 0) is 12.3 Å². The van der Waals surface area contributed by atoms with E-state index in [1.165, 1.54) is 32.6 Å². The average molecular weight is 464 g/mol. The maximum absolute atomic E-state index is 3.79. The number of aromatic nitrogens is 1. The smallest absolute Gasteiger partial charge is 0.0199 e. The van der Waals surface area contributed by atoms with Crippen molar-refractivity contribution in [1.82, 2.24) is 4.98 Å². The molecule has 0 spiro atoms.